The zero-order valence-corrected chi connectivity index (χ0v) is 61.9. The van der Waals surface area contributed by atoms with E-state index in [2.05, 4.69) is 31.9 Å². The van der Waals surface area contributed by atoms with Crippen molar-refractivity contribution in [3.8, 4) is 0 Å². The fourth-order valence-corrected chi connectivity index (χ4v) is 8.22. The Kier molecular flexibility index (Phi) is 34.0. The first-order chi connectivity index (χ1) is 50.5. The van der Waals surface area contributed by atoms with Crippen LogP contribution in [0.5, 0.6) is 0 Å². The van der Waals surface area contributed by atoms with E-state index < -0.39 is 302 Å². The summed E-state index contributed by atoms with van der Waals surface area (Å²) in [5.74, 6) is -10.9. The molecule has 0 aliphatic carbocycles. The van der Waals surface area contributed by atoms with E-state index in [0.29, 0.717) is 19.6 Å². The second-order valence-corrected chi connectivity index (χ2v) is 28.6. The van der Waals surface area contributed by atoms with Crippen molar-refractivity contribution < 1.29 is 143 Å². The molecule has 0 aromatic carbocycles. The van der Waals surface area contributed by atoms with Crippen LogP contribution in [0.25, 0.3) is 0 Å². The molecule has 0 saturated carbocycles. The highest BCUT2D eigenvalue weighted by molar-refractivity contribution is 5.96. The summed E-state index contributed by atoms with van der Waals surface area (Å²) in [6.45, 7) is 2.85. The van der Waals surface area contributed by atoms with E-state index in [9.17, 15) is 95.9 Å². The van der Waals surface area contributed by atoms with Gasteiger partial charge < -0.3 is 113 Å². The number of amides is 10. The van der Waals surface area contributed by atoms with Gasteiger partial charge in [0.2, 0.25) is 47.3 Å². The van der Waals surface area contributed by atoms with Gasteiger partial charge in [-0.1, -0.05) is 27.7 Å². The summed E-state index contributed by atoms with van der Waals surface area (Å²) in [7, 11) is 0. The number of Topliss-reactive ketones (excluding diaryl/α,β-unsaturated/α-hetero) is 3. The van der Waals surface area contributed by atoms with Crippen molar-refractivity contribution >= 4 is 121 Å². The quantitative estimate of drug-likeness (QED) is 0.0213. The minimum atomic E-state index is -2.00. The Morgan fingerprint density at radius 2 is 0.567 bits per heavy atom. The third kappa shape index (κ3) is 40.0. The minimum absolute atomic E-state index is 0.501. The second kappa shape index (κ2) is 43.1. The molecule has 0 spiro atoms. The lowest BCUT2D eigenvalue weighted by atomic mass is 9.89. The molecule has 0 fully saturated rings. The fourth-order valence-electron chi connectivity index (χ4n) is 8.22. The van der Waals surface area contributed by atoms with Crippen molar-refractivity contribution in [2.75, 3.05) is 119 Å². The van der Waals surface area contributed by atoms with Crippen molar-refractivity contribution in [1.82, 2.24) is 51.5 Å². The van der Waals surface area contributed by atoms with Crippen molar-refractivity contribution in [2.24, 2.45) is 16.2 Å². The van der Waals surface area contributed by atoms with Gasteiger partial charge in [-0.15, -0.1) is 0 Å². The lowest BCUT2D eigenvalue weighted by molar-refractivity contribution is -0.180. The predicted octanol–water partition coefficient (Wildman–Crippen LogP) is -2.24. The topological polar surface area (TPSA) is 500 Å². The van der Waals surface area contributed by atoms with Gasteiger partial charge in [0.05, 0.1) is 78.2 Å². The number of carbonyl (C=O) groups excluding carboxylic acids is 20. The Hall–Kier alpha value is -9.24. The molecule has 586 valence electrons. The van der Waals surface area contributed by atoms with Crippen LogP contribution in [0.1, 0.15) is 140 Å². The highest BCUT2D eigenvalue weighted by atomic mass is 16.7. The van der Waals surface area contributed by atoms with E-state index in [1.165, 1.54) is 55.4 Å². The summed E-state index contributed by atoms with van der Waals surface area (Å²) >= 11 is 0. The SMILES string of the molecule is [2H]C(=O)C(C)(C)CC(=O)CN(CC(=O)NC(C)(C)C([2H])=O)C(=O)OCOCC(COCOCC(=O)N(CC(=O)NC(C)(C)C([2H])=O)CC(=O)NC(C)(C)C([2H])=O)(COCOCC(=O)N(CC(=O)NC(C)(C)C([2H])=O)CC(=O)NC(C)(C)C(C)=O)COCOC(=O)N(CC(=O)CC(C)(C)C([2H])=O)CC(=O)NC(C)(C)C([2H])=O. The largest absolute Gasteiger partial charge is 0.422 e. The molecule has 0 bridgehead atoms. The van der Waals surface area contributed by atoms with E-state index in [4.69, 9.17) is 47.5 Å². The normalized spacial score (nSPS) is 13.1. The molecular weight excluding hydrogens is 1380 g/mol. The number of rotatable bonds is 54. The number of nitrogens with one attached hydrogen (secondary N) is 6. The standard InChI is InChI=1S/C66H104N10O28/c1-45(84)65(16,17)72-53(92)25-74(24-50(89)69-62(10,11)34-81)55(94)29-98-42-100-38-66(39-101-43-103-56(95)75(20-46(85)18-58(2,3)30-77)26-51(90)70-63(12,13)35-82,40-102-44-104-57(96)76(21-47(86)19-59(4,5)31-78)27-52(91)71-64(14,15)36-83)37-99-41-97-28-54(93)73(22-48(87)67-60(6,7)32-79)23-49(88)68-61(8,9)33-80/h30-36H,18-29,37-44H2,1-17H3,(H,67,87)(H,68,88)(H,69,89)(H,70,90)(H,71,91)(H,72,92)/i30D,31D,32D,33D,34D,35D,36D. The molecule has 10 amide bonds. The van der Waals surface area contributed by atoms with Gasteiger partial charge >= 0.3 is 12.2 Å². The minimum Gasteiger partial charge on any atom is -0.422 e. The molecule has 38 heteroatoms. The molecule has 0 atom stereocenters. The summed E-state index contributed by atoms with van der Waals surface area (Å²) < 4.78 is 97.6. The molecule has 0 aliphatic heterocycles. The lowest BCUT2D eigenvalue weighted by Crippen LogP contribution is -2.55. The third-order valence-electron chi connectivity index (χ3n) is 13.6. The van der Waals surface area contributed by atoms with E-state index in [-0.39, 0.29) is 0 Å². The molecule has 38 nitrogen and oxygen atoms in total. The van der Waals surface area contributed by atoms with Gasteiger partial charge in [-0.2, -0.15) is 0 Å². The van der Waals surface area contributed by atoms with Crippen LogP contribution >= 0.6 is 0 Å². The number of ether oxygens (including phenoxy) is 8. The van der Waals surface area contributed by atoms with Gasteiger partial charge in [0.1, 0.15) is 119 Å². The molecule has 104 heavy (non-hydrogen) atoms. The van der Waals surface area contributed by atoms with Gasteiger partial charge in [-0.05, 0) is 90.0 Å². The average molecular weight is 1490 g/mol. The molecule has 0 saturated heterocycles. The Labute approximate surface area is 613 Å². The smallest absolute Gasteiger partial charge is 0.412 e. The zero-order chi connectivity index (χ0) is 86.4. The van der Waals surface area contributed by atoms with Gasteiger partial charge in [-0.3, -0.25) is 62.5 Å². The summed E-state index contributed by atoms with van der Waals surface area (Å²) in [5, 5.41) is 13.6. The lowest BCUT2D eigenvalue weighted by Gasteiger charge is -2.33. The monoisotopic (exact) mass is 1490 g/mol. The Morgan fingerprint density at radius 3 is 0.808 bits per heavy atom. The Balaban J connectivity index is 8.12. The predicted molar refractivity (Wildman–Crippen MR) is 360 cm³/mol. The Morgan fingerprint density at radius 1 is 0.327 bits per heavy atom. The summed E-state index contributed by atoms with van der Waals surface area (Å²) in [6, 6.07) is 0. The summed E-state index contributed by atoms with van der Waals surface area (Å²) in [6.07, 6.45) is -12.9. The highest BCUT2D eigenvalue weighted by Crippen LogP contribution is 2.23. The van der Waals surface area contributed by atoms with Crippen molar-refractivity contribution in [3.05, 3.63) is 0 Å². The maximum absolute atomic E-state index is 13.9. The fraction of sp³-hybridized carbons (Fsp3) is 0.697. The van der Waals surface area contributed by atoms with Crippen LogP contribution in [0.15, 0.2) is 0 Å². The maximum Gasteiger partial charge on any atom is 0.412 e. The van der Waals surface area contributed by atoms with Crippen LogP contribution in [0, 0.1) is 16.2 Å². The number of carbonyl (C=O) groups is 20. The summed E-state index contributed by atoms with van der Waals surface area (Å²) in [4.78, 5) is 260. The van der Waals surface area contributed by atoms with Gasteiger partial charge in [0.25, 0.3) is 0 Å². The molecule has 0 aromatic heterocycles. The van der Waals surface area contributed by atoms with Crippen LogP contribution < -0.4 is 31.9 Å². The van der Waals surface area contributed by atoms with Gasteiger partial charge in [0.15, 0.2) is 30.9 Å². The first-order valence-corrected chi connectivity index (χ1v) is 31.8. The van der Waals surface area contributed by atoms with Crippen LogP contribution in [-0.4, -0.2) is 293 Å². The molecule has 0 rings (SSSR count). The third-order valence-corrected chi connectivity index (χ3v) is 13.6. The molecule has 0 heterocycles. The number of hydrogen-bond acceptors (Lipinski definition) is 28. The van der Waals surface area contributed by atoms with Crippen molar-refractivity contribution in [1.29, 1.82) is 0 Å². The number of hydrogen-bond donors (Lipinski definition) is 6. The molecular formula is C66H104N10O28. The summed E-state index contributed by atoms with van der Waals surface area (Å²) in [5.41, 5.74) is -15.8. The maximum atomic E-state index is 13.9. The Bertz CT molecular complexity index is 3090. The number of ketones is 3. The van der Waals surface area contributed by atoms with Gasteiger partial charge in [-0.25, -0.2) is 9.59 Å². The average Bonchev–Trinajstić information content (AvgIpc) is 0.863. The van der Waals surface area contributed by atoms with Crippen LogP contribution in [0.2, 0.25) is 0 Å². The molecule has 6 N–H and O–H groups in total. The van der Waals surface area contributed by atoms with Crippen LogP contribution in [0.4, 0.5) is 9.59 Å². The van der Waals surface area contributed by atoms with Crippen molar-refractivity contribution in [2.45, 2.75) is 164 Å². The first-order valence-electron chi connectivity index (χ1n) is 35.3. The van der Waals surface area contributed by atoms with E-state index in [0.717, 1.165) is 62.3 Å². The zero-order valence-electron chi connectivity index (χ0n) is 68.9. The molecule has 0 aromatic rings. The molecule has 0 unspecified atom stereocenters. The van der Waals surface area contributed by atoms with Crippen LogP contribution in [0.3, 0.4) is 0 Å². The number of aldehydes is 7. The van der Waals surface area contributed by atoms with Gasteiger partial charge in [0, 0.05) is 23.7 Å². The second-order valence-electron chi connectivity index (χ2n) is 28.6. The number of nitrogens with zero attached hydrogens (tertiary/aromatic N) is 4. The van der Waals surface area contributed by atoms with E-state index >= 15 is 0 Å². The van der Waals surface area contributed by atoms with Crippen molar-refractivity contribution in [3.63, 3.8) is 0 Å². The first kappa shape index (κ1) is 82.1. The van der Waals surface area contributed by atoms with E-state index in [1.807, 2.05) is 0 Å². The molecule has 0 radical (unpaired) electrons. The molecule has 0 aliphatic rings. The van der Waals surface area contributed by atoms with Crippen LogP contribution in [-0.2, 0) is 124 Å². The van der Waals surface area contributed by atoms with E-state index in [1.54, 1.807) is 0 Å². The highest BCUT2D eigenvalue weighted by Gasteiger charge is 2.37.